The highest BCUT2D eigenvalue weighted by atomic mass is 16.5. The Morgan fingerprint density at radius 3 is 2.79 bits per heavy atom. The second-order valence-electron chi connectivity index (χ2n) is 5.99. The lowest BCUT2D eigenvalue weighted by Gasteiger charge is -2.26. The molecule has 1 heterocycles. The van der Waals surface area contributed by atoms with Crippen LogP contribution in [0.15, 0.2) is 12.2 Å². The highest BCUT2D eigenvalue weighted by Gasteiger charge is 2.39. The minimum absolute atomic E-state index is 0.249. The van der Waals surface area contributed by atoms with E-state index in [0.29, 0.717) is 11.8 Å². The molecule has 3 rings (SSSR count). The Morgan fingerprint density at radius 1 is 1.26 bits per heavy atom. The van der Waals surface area contributed by atoms with Crippen molar-refractivity contribution in [2.45, 2.75) is 19.3 Å². The first-order chi connectivity index (χ1) is 9.33. The van der Waals surface area contributed by atoms with Crippen molar-refractivity contribution in [2.75, 3.05) is 39.4 Å². The number of carbonyl (C=O) groups excluding carboxylic acids is 1. The molecule has 0 aromatic rings. The summed E-state index contributed by atoms with van der Waals surface area (Å²) in [5.41, 5.74) is 0. The van der Waals surface area contributed by atoms with Crippen LogP contribution in [-0.4, -0.2) is 50.2 Å². The second-order valence-corrected chi connectivity index (χ2v) is 5.99. The molecule has 3 unspecified atom stereocenters. The van der Waals surface area contributed by atoms with Gasteiger partial charge in [0, 0.05) is 25.6 Å². The number of hydrogen-bond acceptors (Lipinski definition) is 3. The molecule has 2 fully saturated rings. The zero-order valence-electron chi connectivity index (χ0n) is 11.5. The van der Waals surface area contributed by atoms with Gasteiger partial charge in [0.15, 0.2) is 0 Å². The minimum Gasteiger partial charge on any atom is -0.379 e. The SMILES string of the molecule is O=C(NCCCN1CCOCC1)C1CC2C=CC1C2. The van der Waals surface area contributed by atoms with Crippen molar-refractivity contribution in [3.8, 4) is 0 Å². The van der Waals surface area contributed by atoms with Gasteiger partial charge in [-0.05, 0) is 37.6 Å². The van der Waals surface area contributed by atoms with Gasteiger partial charge in [0.05, 0.1) is 13.2 Å². The van der Waals surface area contributed by atoms with Crippen LogP contribution < -0.4 is 5.32 Å². The predicted molar refractivity (Wildman–Crippen MR) is 73.7 cm³/mol. The lowest BCUT2D eigenvalue weighted by atomic mass is 9.93. The Labute approximate surface area is 115 Å². The van der Waals surface area contributed by atoms with Crippen LogP contribution in [0.2, 0.25) is 0 Å². The van der Waals surface area contributed by atoms with Crippen LogP contribution in [0.3, 0.4) is 0 Å². The maximum atomic E-state index is 12.1. The molecule has 106 valence electrons. The standard InChI is InChI=1S/C15H24N2O2/c18-15(14-11-12-2-3-13(14)10-12)16-4-1-5-17-6-8-19-9-7-17/h2-3,12-14H,1,4-11H2,(H,16,18). The largest absolute Gasteiger partial charge is 0.379 e. The topological polar surface area (TPSA) is 41.6 Å². The van der Waals surface area contributed by atoms with E-state index in [-0.39, 0.29) is 11.8 Å². The van der Waals surface area contributed by atoms with E-state index in [9.17, 15) is 4.79 Å². The number of ether oxygens (including phenoxy) is 1. The Kier molecular flexibility index (Phi) is 4.18. The molecule has 0 aromatic heterocycles. The molecule has 4 heteroatoms. The van der Waals surface area contributed by atoms with Crippen LogP contribution in [0, 0.1) is 17.8 Å². The summed E-state index contributed by atoms with van der Waals surface area (Å²) in [5.74, 6) is 1.72. The molecule has 1 amide bonds. The fraction of sp³-hybridized carbons (Fsp3) is 0.800. The van der Waals surface area contributed by atoms with Crippen LogP contribution in [0.4, 0.5) is 0 Å². The van der Waals surface area contributed by atoms with Gasteiger partial charge in [-0.3, -0.25) is 9.69 Å². The molecule has 0 aromatic carbocycles. The third-order valence-corrected chi connectivity index (χ3v) is 4.67. The summed E-state index contributed by atoms with van der Waals surface area (Å²) in [7, 11) is 0. The Bertz CT molecular complexity index is 350. The Morgan fingerprint density at radius 2 is 2.11 bits per heavy atom. The summed E-state index contributed by atoms with van der Waals surface area (Å²) < 4.78 is 5.32. The van der Waals surface area contributed by atoms with Gasteiger partial charge in [-0.2, -0.15) is 0 Å². The van der Waals surface area contributed by atoms with Crippen molar-refractivity contribution < 1.29 is 9.53 Å². The molecule has 1 aliphatic heterocycles. The first-order valence-corrected chi connectivity index (χ1v) is 7.59. The van der Waals surface area contributed by atoms with Gasteiger partial charge in [0.1, 0.15) is 0 Å². The third kappa shape index (κ3) is 3.18. The summed E-state index contributed by atoms with van der Waals surface area (Å²) in [5, 5.41) is 3.12. The zero-order valence-corrected chi connectivity index (χ0v) is 11.5. The van der Waals surface area contributed by atoms with Crippen molar-refractivity contribution in [3.05, 3.63) is 12.2 Å². The Balaban J connectivity index is 1.31. The fourth-order valence-electron chi connectivity index (χ4n) is 3.55. The van der Waals surface area contributed by atoms with Gasteiger partial charge in [-0.25, -0.2) is 0 Å². The monoisotopic (exact) mass is 264 g/mol. The summed E-state index contributed by atoms with van der Waals surface area (Å²) in [4.78, 5) is 14.5. The lowest BCUT2D eigenvalue weighted by Crippen LogP contribution is -2.39. The van der Waals surface area contributed by atoms with Crippen LogP contribution in [0.25, 0.3) is 0 Å². The first kappa shape index (κ1) is 13.1. The van der Waals surface area contributed by atoms with E-state index in [4.69, 9.17) is 4.74 Å². The highest BCUT2D eigenvalue weighted by molar-refractivity contribution is 5.79. The van der Waals surface area contributed by atoms with E-state index in [1.807, 2.05) is 0 Å². The van der Waals surface area contributed by atoms with E-state index in [1.165, 1.54) is 6.42 Å². The maximum absolute atomic E-state index is 12.1. The number of fused-ring (bicyclic) bond motifs is 2. The molecular formula is C15H24N2O2. The van der Waals surface area contributed by atoms with Crippen molar-refractivity contribution in [1.29, 1.82) is 0 Å². The van der Waals surface area contributed by atoms with E-state index in [2.05, 4.69) is 22.4 Å². The highest BCUT2D eigenvalue weighted by Crippen LogP contribution is 2.43. The molecule has 3 atom stereocenters. The number of morpholine rings is 1. The van der Waals surface area contributed by atoms with Gasteiger partial charge < -0.3 is 10.1 Å². The third-order valence-electron chi connectivity index (χ3n) is 4.67. The maximum Gasteiger partial charge on any atom is 0.223 e. The molecule has 1 saturated heterocycles. The summed E-state index contributed by atoms with van der Waals surface area (Å²) in [6.07, 6.45) is 7.84. The molecule has 1 N–H and O–H groups in total. The lowest BCUT2D eigenvalue weighted by molar-refractivity contribution is -0.125. The van der Waals surface area contributed by atoms with E-state index >= 15 is 0 Å². The number of amides is 1. The summed E-state index contributed by atoms with van der Waals surface area (Å²) >= 11 is 0. The number of rotatable bonds is 5. The molecule has 0 radical (unpaired) electrons. The van der Waals surface area contributed by atoms with Crippen LogP contribution in [-0.2, 0) is 9.53 Å². The van der Waals surface area contributed by atoms with Crippen molar-refractivity contribution in [2.24, 2.45) is 17.8 Å². The first-order valence-electron chi connectivity index (χ1n) is 7.59. The molecule has 3 aliphatic rings. The van der Waals surface area contributed by atoms with E-state index in [1.54, 1.807) is 0 Å². The van der Waals surface area contributed by atoms with Crippen LogP contribution in [0.1, 0.15) is 19.3 Å². The average molecular weight is 264 g/mol. The Hall–Kier alpha value is -0.870. The fourth-order valence-corrected chi connectivity index (χ4v) is 3.55. The molecule has 2 bridgehead atoms. The number of nitrogens with zero attached hydrogens (tertiary/aromatic N) is 1. The van der Waals surface area contributed by atoms with Crippen LogP contribution in [0.5, 0.6) is 0 Å². The zero-order chi connectivity index (χ0) is 13.1. The number of hydrogen-bond donors (Lipinski definition) is 1. The number of carbonyl (C=O) groups is 1. The molecule has 19 heavy (non-hydrogen) atoms. The smallest absolute Gasteiger partial charge is 0.223 e. The molecule has 1 saturated carbocycles. The van der Waals surface area contributed by atoms with E-state index in [0.717, 1.165) is 52.2 Å². The normalized spacial score (nSPS) is 33.8. The molecule has 2 aliphatic carbocycles. The average Bonchev–Trinajstić information content (AvgIpc) is 3.07. The van der Waals surface area contributed by atoms with Gasteiger partial charge in [-0.15, -0.1) is 0 Å². The van der Waals surface area contributed by atoms with Gasteiger partial charge >= 0.3 is 0 Å². The number of allylic oxidation sites excluding steroid dienone is 2. The van der Waals surface area contributed by atoms with Crippen molar-refractivity contribution in [1.82, 2.24) is 10.2 Å². The van der Waals surface area contributed by atoms with Crippen LogP contribution >= 0.6 is 0 Å². The summed E-state index contributed by atoms with van der Waals surface area (Å²) in [6, 6.07) is 0. The number of nitrogens with one attached hydrogen (secondary N) is 1. The molecule has 4 nitrogen and oxygen atoms in total. The minimum atomic E-state index is 0.249. The molecule has 0 spiro atoms. The molecular weight excluding hydrogens is 240 g/mol. The summed E-state index contributed by atoms with van der Waals surface area (Å²) in [6.45, 7) is 5.65. The van der Waals surface area contributed by atoms with Gasteiger partial charge in [-0.1, -0.05) is 12.2 Å². The van der Waals surface area contributed by atoms with E-state index < -0.39 is 0 Å². The predicted octanol–water partition coefficient (Wildman–Crippen LogP) is 1.04. The quantitative estimate of drug-likeness (QED) is 0.596. The van der Waals surface area contributed by atoms with Crippen molar-refractivity contribution in [3.63, 3.8) is 0 Å². The van der Waals surface area contributed by atoms with Gasteiger partial charge in [0.25, 0.3) is 0 Å². The second kappa shape index (κ2) is 6.06. The van der Waals surface area contributed by atoms with Gasteiger partial charge in [0.2, 0.25) is 5.91 Å². The van der Waals surface area contributed by atoms with Crippen molar-refractivity contribution >= 4 is 5.91 Å².